The Balaban J connectivity index is 3.26. The average Bonchev–Trinajstić information content (AvgIpc) is 2.19. The van der Waals surface area contributed by atoms with Gasteiger partial charge in [-0.25, -0.2) is 0 Å². The van der Waals surface area contributed by atoms with Crippen LogP contribution in [0.25, 0.3) is 0 Å². The monoisotopic (exact) mass is 225 g/mol. The van der Waals surface area contributed by atoms with Gasteiger partial charge in [0.1, 0.15) is 6.19 Å². The first kappa shape index (κ1) is 10.5. The number of benzene rings is 1. The van der Waals surface area contributed by atoms with Gasteiger partial charge in [0.25, 0.3) is 0 Å². The Morgan fingerprint density at radius 1 is 1.38 bits per heavy atom. The van der Waals surface area contributed by atoms with E-state index in [9.17, 15) is 0 Å². The predicted molar refractivity (Wildman–Crippen MR) is 65.6 cm³/mol. The van der Waals surface area contributed by atoms with Crippen LogP contribution in [0.1, 0.15) is 0 Å². The van der Waals surface area contributed by atoms with E-state index in [2.05, 4.69) is 28.7 Å². The Labute approximate surface area is 88.3 Å². The molecule has 1 unspecified atom stereocenters. The van der Waals surface area contributed by atoms with Crippen molar-refractivity contribution in [1.82, 2.24) is 0 Å². The average molecular weight is 225 g/mol. The van der Waals surface area contributed by atoms with Crippen LogP contribution in [0.5, 0.6) is 0 Å². The van der Waals surface area contributed by atoms with E-state index in [1.165, 1.54) is 0 Å². The molecule has 0 heterocycles. The van der Waals surface area contributed by atoms with Crippen molar-refractivity contribution in [2.24, 2.45) is 4.76 Å². The zero-order valence-electron chi connectivity index (χ0n) is 6.88. The predicted octanol–water partition coefficient (Wildman–Crippen LogP) is 2.95. The van der Waals surface area contributed by atoms with Crippen molar-refractivity contribution in [1.29, 1.82) is 0 Å². The van der Waals surface area contributed by atoms with Gasteiger partial charge in [-0.2, -0.15) is 4.76 Å². The second-order valence-electron chi connectivity index (χ2n) is 2.33. The van der Waals surface area contributed by atoms with Gasteiger partial charge in [-0.3, -0.25) is 0 Å². The van der Waals surface area contributed by atoms with Crippen LogP contribution >= 0.6 is 18.4 Å². The number of hydrogen-bond acceptors (Lipinski definition) is 2. The minimum atomic E-state index is -2.05. The SMILES string of the molecule is C=CP(=S)(N=C=S)c1ccccc1. The maximum Gasteiger partial charge on any atom is 0.116 e. The molecule has 1 rings (SSSR count). The normalized spacial score (nSPS) is 13.8. The summed E-state index contributed by atoms with van der Waals surface area (Å²) in [6.07, 6.45) is -2.05. The summed E-state index contributed by atoms with van der Waals surface area (Å²) in [6.45, 7) is 3.69. The van der Waals surface area contributed by atoms with E-state index in [1.54, 1.807) is 5.82 Å². The van der Waals surface area contributed by atoms with Crippen LogP contribution in [0.3, 0.4) is 0 Å². The van der Waals surface area contributed by atoms with Crippen molar-refractivity contribution < 1.29 is 0 Å². The lowest BCUT2D eigenvalue weighted by Crippen LogP contribution is -1.98. The minimum Gasteiger partial charge on any atom is -0.191 e. The zero-order chi connectivity index (χ0) is 9.73. The fourth-order valence-corrected chi connectivity index (χ4v) is 3.06. The van der Waals surface area contributed by atoms with Crippen molar-refractivity contribution >= 4 is 40.7 Å². The second-order valence-corrected chi connectivity index (χ2v) is 6.51. The molecule has 0 radical (unpaired) electrons. The molecule has 66 valence electrons. The lowest BCUT2D eigenvalue weighted by Gasteiger charge is -2.09. The molecule has 0 saturated carbocycles. The number of hydrogen-bond donors (Lipinski definition) is 0. The van der Waals surface area contributed by atoms with Gasteiger partial charge in [0.15, 0.2) is 0 Å². The Morgan fingerprint density at radius 3 is 2.46 bits per heavy atom. The van der Waals surface area contributed by atoms with Crippen molar-refractivity contribution in [3.05, 3.63) is 42.7 Å². The lowest BCUT2D eigenvalue weighted by molar-refractivity contribution is 1.76. The van der Waals surface area contributed by atoms with Gasteiger partial charge in [0, 0.05) is 5.30 Å². The van der Waals surface area contributed by atoms with Crippen LogP contribution in [0, 0.1) is 0 Å². The zero-order valence-corrected chi connectivity index (χ0v) is 9.41. The van der Waals surface area contributed by atoms with Crippen LogP contribution in [-0.4, -0.2) is 5.16 Å². The Hall–Kier alpha value is -0.590. The molecule has 0 aliphatic carbocycles. The molecule has 0 fully saturated rings. The maximum absolute atomic E-state index is 5.37. The third-order valence-corrected chi connectivity index (χ3v) is 5.04. The topological polar surface area (TPSA) is 12.4 Å². The highest BCUT2D eigenvalue weighted by molar-refractivity contribution is 8.19. The van der Waals surface area contributed by atoms with Crippen molar-refractivity contribution in [3.63, 3.8) is 0 Å². The van der Waals surface area contributed by atoms with Crippen LogP contribution in [0.4, 0.5) is 0 Å². The molecule has 1 aromatic carbocycles. The van der Waals surface area contributed by atoms with Gasteiger partial charge in [0.05, 0.1) is 5.16 Å². The van der Waals surface area contributed by atoms with Gasteiger partial charge in [-0.1, -0.05) is 48.7 Å². The van der Waals surface area contributed by atoms with Crippen LogP contribution < -0.4 is 5.30 Å². The molecule has 0 aliphatic heterocycles. The van der Waals surface area contributed by atoms with Gasteiger partial charge >= 0.3 is 0 Å². The summed E-state index contributed by atoms with van der Waals surface area (Å²) in [4.78, 5) is 0. The van der Waals surface area contributed by atoms with E-state index in [4.69, 9.17) is 11.8 Å². The number of nitrogens with zero attached hydrogens (tertiary/aromatic N) is 1. The summed E-state index contributed by atoms with van der Waals surface area (Å²) in [6, 6.07) is 9.68. The van der Waals surface area contributed by atoms with E-state index >= 15 is 0 Å². The molecule has 13 heavy (non-hydrogen) atoms. The first-order chi connectivity index (χ1) is 6.23. The van der Waals surface area contributed by atoms with E-state index in [-0.39, 0.29) is 0 Å². The second kappa shape index (κ2) is 4.59. The molecular weight excluding hydrogens is 217 g/mol. The maximum atomic E-state index is 5.37. The Kier molecular flexibility index (Phi) is 3.71. The summed E-state index contributed by atoms with van der Waals surface area (Å²) in [5.41, 5.74) is 0. The van der Waals surface area contributed by atoms with Crippen molar-refractivity contribution in [2.75, 3.05) is 0 Å². The van der Waals surface area contributed by atoms with Crippen LogP contribution in [0.2, 0.25) is 0 Å². The third kappa shape index (κ3) is 2.43. The third-order valence-electron chi connectivity index (χ3n) is 1.56. The largest absolute Gasteiger partial charge is 0.191 e. The highest BCUT2D eigenvalue weighted by Gasteiger charge is 2.12. The summed E-state index contributed by atoms with van der Waals surface area (Å²) in [5.74, 6) is 1.69. The Bertz CT molecular complexity index is 393. The van der Waals surface area contributed by atoms with Crippen molar-refractivity contribution in [3.8, 4) is 0 Å². The molecular formula is C9H8NPS2. The molecule has 0 amide bonds. The molecule has 4 heteroatoms. The number of isothiocyanates is 1. The summed E-state index contributed by atoms with van der Waals surface area (Å²) >= 11 is 9.93. The molecule has 0 bridgehead atoms. The van der Waals surface area contributed by atoms with Crippen LogP contribution in [0.15, 0.2) is 47.5 Å². The molecule has 0 N–H and O–H groups in total. The molecule has 1 nitrogen and oxygen atoms in total. The molecule has 0 aromatic heterocycles. The van der Waals surface area contributed by atoms with Gasteiger partial charge in [-0.15, -0.1) is 0 Å². The van der Waals surface area contributed by atoms with Crippen molar-refractivity contribution in [2.45, 2.75) is 0 Å². The number of rotatable bonds is 3. The molecule has 0 spiro atoms. The quantitative estimate of drug-likeness (QED) is 0.445. The van der Waals surface area contributed by atoms with E-state index in [1.807, 2.05) is 30.3 Å². The van der Waals surface area contributed by atoms with Gasteiger partial charge in [0.2, 0.25) is 0 Å². The first-order valence-corrected chi connectivity index (χ1v) is 6.84. The molecule has 0 saturated heterocycles. The van der Waals surface area contributed by atoms with Crippen LogP contribution in [-0.2, 0) is 11.8 Å². The van der Waals surface area contributed by atoms with E-state index in [0.29, 0.717) is 0 Å². The minimum absolute atomic E-state index is 0.998. The summed E-state index contributed by atoms with van der Waals surface area (Å²) in [7, 11) is 0. The van der Waals surface area contributed by atoms with E-state index in [0.717, 1.165) is 5.30 Å². The van der Waals surface area contributed by atoms with Gasteiger partial charge < -0.3 is 0 Å². The molecule has 1 aromatic rings. The number of thiocarbonyl (C=S) groups is 1. The summed E-state index contributed by atoms with van der Waals surface area (Å²) < 4.78 is 4.02. The molecule has 0 aliphatic rings. The standard InChI is InChI=1S/C9H8NPS2/c1-2-11(13,10-8-12)9-6-4-3-5-7-9/h2-7H,1H2. The fraction of sp³-hybridized carbons (Fsp3) is 0. The van der Waals surface area contributed by atoms with Gasteiger partial charge in [-0.05, 0) is 18.0 Å². The lowest BCUT2D eigenvalue weighted by atomic mass is 10.4. The fourth-order valence-electron chi connectivity index (χ4n) is 0.906. The summed E-state index contributed by atoms with van der Waals surface area (Å²) in [5, 5.41) is 3.34. The molecule has 1 atom stereocenters. The highest BCUT2D eigenvalue weighted by Crippen LogP contribution is 2.46. The first-order valence-electron chi connectivity index (χ1n) is 3.61. The Morgan fingerprint density at radius 2 is 2.00 bits per heavy atom. The highest BCUT2D eigenvalue weighted by atomic mass is 32.4. The van der Waals surface area contributed by atoms with E-state index < -0.39 is 6.19 Å². The smallest absolute Gasteiger partial charge is 0.116 e.